The van der Waals surface area contributed by atoms with E-state index in [4.69, 9.17) is 9.47 Å². The van der Waals surface area contributed by atoms with E-state index in [2.05, 4.69) is 0 Å². The van der Waals surface area contributed by atoms with Crippen LogP contribution in [0.15, 0.2) is 12.1 Å². The molecule has 0 spiro atoms. The first-order valence-electron chi connectivity index (χ1n) is 7.19. The average Bonchev–Trinajstić information content (AvgIpc) is 2.54. The van der Waals surface area contributed by atoms with Crippen LogP contribution in [-0.2, 0) is 14.9 Å². The predicted molar refractivity (Wildman–Crippen MR) is 78.4 cm³/mol. The molecule has 1 aromatic rings. The number of methoxy groups -OCH3 is 2. The topological polar surface area (TPSA) is 93.1 Å². The molecule has 0 bridgehead atoms. The summed E-state index contributed by atoms with van der Waals surface area (Å²) in [7, 11) is 2.61. The molecule has 2 N–H and O–H groups in total. The predicted octanol–water partition coefficient (Wildman–Crippen LogP) is 2.47. The number of esters is 1. The number of hydrogen-bond donors (Lipinski definition) is 2. The van der Waals surface area contributed by atoms with Crippen molar-refractivity contribution in [3.05, 3.63) is 23.3 Å². The first-order chi connectivity index (χ1) is 10.5. The fourth-order valence-corrected chi connectivity index (χ4v) is 3.14. The van der Waals surface area contributed by atoms with Gasteiger partial charge in [-0.1, -0.05) is 19.3 Å². The second kappa shape index (κ2) is 6.25. The highest BCUT2D eigenvalue weighted by Crippen LogP contribution is 2.45. The van der Waals surface area contributed by atoms with Crippen LogP contribution < -0.4 is 4.74 Å². The summed E-state index contributed by atoms with van der Waals surface area (Å²) in [5, 5.41) is 20.0. The molecule has 6 heteroatoms. The van der Waals surface area contributed by atoms with Gasteiger partial charge >= 0.3 is 11.9 Å². The Morgan fingerprint density at radius 1 is 1.14 bits per heavy atom. The Morgan fingerprint density at radius 3 is 2.27 bits per heavy atom. The van der Waals surface area contributed by atoms with Crippen molar-refractivity contribution in [1.82, 2.24) is 0 Å². The van der Waals surface area contributed by atoms with E-state index in [1.54, 1.807) is 0 Å². The fourth-order valence-electron chi connectivity index (χ4n) is 3.14. The first kappa shape index (κ1) is 16.1. The van der Waals surface area contributed by atoms with Crippen LogP contribution in [0.2, 0.25) is 0 Å². The van der Waals surface area contributed by atoms with Crippen molar-refractivity contribution >= 4 is 11.9 Å². The van der Waals surface area contributed by atoms with Crippen LogP contribution in [0.4, 0.5) is 0 Å². The highest BCUT2D eigenvalue weighted by atomic mass is 16.5. The van der Waals surface area contributed by atoms with Crippen molar-refractivity contribution < 1.29 is 29.3 Å². The molecule has 0 aliphatic heterocycles. The number of carbonyl (C=O) groups excluding carboxylic acids is 1. The highest BCUT2D eigenvalue weighted by molar-refractivity contribution is 5.94. The third kappa shape index (κ3) is 2.61. The lowest BCUT2D eigenvalue weighted by Crippen LogP contribution is -2.38. The molecule has 1 saturated carbocycles. The number of phenolic OH excluding ortho intramolecular Hbond substituents is 1. The molecule has 0 atom stereocenters. The van der Waals surface area contributed by atoms with E-state index >= 15 is 0 Å². The molecule has 120 valence electrons. The monoisotopic (exact) mass is 308 g/mol. The Hall–Kier alpha value is -2.24. The third-order valence-corrected chi connectivity index (χ3v) is 4.36. The number of benzene rings is 1. The van der Waals surface area contributed by atoms with Crippen molar-refractivity contribution in [2.45, 2.75) is 37.5 Å². The summed E-state index contributed by atoms with van der Waals surface area (Å²) in [5.41, 5.74) is -0.804. The van der Waals surface area contributed by atoms with Gasteiger partial charge in [-0.15, -0.1) is 0 Å². The molecule has 1 aromatic carbocycles. The first-order valence-corrected chi connectivity index (χ1v) is 7.19. The van der Waals surface area contributed by atoms with Gasteiger partial charge < -0.3 is 19.7 Å². The maximum absolute atomic E-state index is 11.9. The van der Waals surface area contributed by atoms with E-state index in [-0.39, 0.29) is 22.6 Å². The summed E-state index contributed by atoms with van der Waals surface area (Å²) in [6.45, 7) is 0. The summed E-state index contributed by atoms with van der Waals surface area (Å²) in [5.74, 6) is -1.63. The number of phenols is 1. The molecule has 6 nitrogen and oxygen atoms in total. The van der Waals surface area contributed by atoms with E-state index in [1.807, 2.05) is 0 Å². The molecule has 0 radical (unpaired) electrons. The van der Waals surface area contributed by atoms with Gasteiger partial charge in [-0.3, -0.25) is 4.79 Å². The molecule has 0 amide bonds. The molecule has 22 heavy (non-hydrogen) atoms. The van der Waals surface area contributed by atoms with Gasteiger partial charge in [0.05, 0.1) is 19.6 Å². The minimum absolute atomic E-state index is 0.115. The molecule has 0 unspecified atom stereocenters. The van der Waals surface area contributed by atoms with Gasteiger partial charge in [0.2, 0.25) is 0 Å². The van der Waals surface area contributed by atoms with Crippen molar-refractivity contribution in [2.24, 2.45) is 0 Å². The molecule has 1 fully saturated rings. The lowest BCUT2D eigenvalue weighted by atomic mass is 9.69. The van der Waals surface area contributed by atoms with Crippen LogP contribution in [0, 0.1) is 0 Å². The van der Waals surface area contributed by atoms with Gasteiger partial charge in [0.15, 0.2) is 0 Å². The van der Waals surface area contributed by atoms with Crippen molar-refractivity contribution in [3.8, 4) is 11.5 Å². The molecule has 1 aliphatic rings. The highest BCUT2D eigenvalue weighted by Gasteiger charge is 2.43. The third-order valence-electron chi connectivity index (χ3n) is 4.36. The molecule has 0 heterocycles. The summed E-state index contributed by atoms with van der Waals surface area (Å²) < 4.78 is 9.78. The average molecular weight is 308 g/mol. The van der Waals surface area contributed by atoms with E-state index in [0.29, 0.717) is 12.8 Å². The minimum atomic E-state index is -1.17. The van der Waals surface area contributed by atoms with Crippen LogP contribution in [0.3, 0.4) is 0 Å². The molecular weight excluding hydrogens is 288 g/mol. The Bertz CT molecular complexity index is 587. The number of hydrogen-bond acceptors (Lipinski definition) is 5. The van der Waals surface area contributed by atoms with Crippen molar-refractivity contribution in [2.75, 3.05) is 14.2 Å². The van der Waals surface area contributed by atoms with Crippen LogP contribution in [0.1, 0.15) is 48.0 Å². The summed E-state index contributed by atoms with van der Waals surface area (Å²) in [6, 6.07) is 2.67. The van der Waals surface area contributed by atoms with Crippen LogP contribution >= 0.6 is 0 Å². The van der Waals surface area contributed by atoms with Crippen molar-refractivity contribution in [3.63, 3.8) is 0 Å². The number of aliphatic carboxylic acids is 1. The van der Waals surface area contributed by atoms with E-state index < -0.39 is 17.4 Å². The van der Waals surface area contributed by atoms with Crippen LogP contribution in [-0.4, -0.2) is 36.4 Å². The standard InChI is InChI=1S/C16H20O6/c1-21-13-9-12(17)11(8-10(13)14(18)22-2)16(15(19)20)6-4-3-5-7-16/h8-9,17H,3-7H2,1-2H3,(H,19,20). The van der Waals surface area contributed by atoms with Crippen LogP contribution in [0.5, 0.6) is 11.5 Å². The zero-order valence-corrected chi connectivity index (χ0v) is 12.7. The number of rotatable bonds is 4. The van der Waals surface area contributed by atoms with Gasteiger partial charge in [0, 0.05) is 11.6 Å². The Morgan fingerprint density at radius 2 is 1.77 bits per heavy atom. The van der Waals surface area contributed by atoms with Gasteiger partial charge in [0.1, 0.15) is 17.1 Å². The lowest BCUT2D eigenvalue weighted by Gasteiger charge is -2.34. The normalized spacial score (nSPS) is 16.8. The van der Waals surface area contributed by atoms with Gasteiger partial charge in [-0.2, -0.15) is 0 Å². The summed E-state index contributed by atoms with van der Waals surface area (Å²) >= 11 is 0. The lowest BCUT2D eigenvalue weighted by molar-refractivity contribution is -0.145. The number of aromatic hydroxyl groups is 1. The summed E-state index contributed by atoms with van der Waals surface area (Å²) in [4.78, 5) is 23.8. The zero-order valence-electron chi connectivity index (χ0n) is 12.7. The van der Waals surface area contributed by atoms with Crippen molar-refractivity contribution in [1.29, 1.82) is 0 Å². The smallest absolute Gasteiger partial charge is 0.341 e. The van der Waals surface area contributed by atoms with E-state index in [9.17, 15) is 19.8 Å². The number of ether oxygens (including phenoxy) is 2. The SMILES string of the molecule is COC(=O)c1cc(C2(C(=O)O)CCCCC2)c(O)cc1OC. The van der Waals surface area contributed by atoms with E-state index in [1.165, 1.54) is 26.4 Å². The second-order valence-electron chi connectivity index (χ2n) is 5.51. The molecule has 0 saturated heterocycles. The maximum atomic E-state index is 11.9. The maximum Gasteiger partial charge on any atom is 0.341 e. The Kier molecular flexibility index (Phi) is 4.59. The zero-order chi connectivity index (χ0) is 16.3. The Balaban J connectivity index is 2.62. The van der Waals surface area contributed by atoms with Crippen LogP contribution in [0.25, 0.3) is 0 Å². The van der Waals surface area contributed by atoms with Gasteiger partial charge in [0.25, 0.3) is 0 Å². The largest absolute Gasteiger partial charge is 0.507 e. The molecule has 0 aromatic heterocycles. The second-order valence-corrected chi connectivity index (χ2v) is 5.51. The Labute approximate surface area is 128 Å². The van der Waals surface area contributed by atoms with E-state index in [0.717, 1.165) is 19.3 Å². The molecule has 2 rings (SSSR count). The quantitative estimate of drug-likeness (QED) is 0.830. The number of carboxylic acids is 1. The fraction of sp³-hybridized carbons (Fsp3) is 0.500. The minimum Gasteiger partial charge on any atom is -0.507 e. The number of carboxylic acid groups (broad SMARTS) is 1. The summed E-state index contributed by atoms with van der Waals surface area (Å²) in [6.07, 6.45) is 3.37. The molecular formula is C16H20O6. The van der Waals surface area contributed by atoms with Gasteiger partial charge in [-0.25, -0.2) is 4.79 Å². The number of carbonyl (C=O) groups is 2. The molecule has 1 aliphatic carbocycles. The van der Waals surface area contributed by atoms with Gasteiger partial charge in [-0.05, 0) is 18.9 Å².